The van der Waals surface area contributed by atoms with E-state index in [-0.39, 0.29) is 12.1 Å². The second-order valence-electron chi connectivity index (χ2n) is 3.28. The lowest BCUT2D eigenvalue weighted by atomic mass is 10.0. The highest BCUT2D eigenvalue weighted by atomic mass is 32.1. The lowest BCUT2D eigenvalue weighted by Gasteiger charge is -2.23. The first-order chi connectivity index (χ1) is 7.33. The summed E-state index contributed by atoms with van der Waals surface area (Å²) in [5.74, 6) is 0. The summed E-state index contributed by atoms with van der Waals surface area (Å²) < 4.78 is 0. The van der Waals surface area contributed by atoms with Gasteiger partial charge < -0.3 is 5.32 Å². The van der Waals surface area contributed by atoms with Crippen molar-refractivity contribution in [1.29, 1.82) is 0 Å². The third-order valence-electron chi connectivity index (χ3n) is 2.25. The maximum atomic E-state index is 5.20. The highest BCUT2D eigenvalue weighted by molar-refractivity contribution is 7.80. The molecule has 1 heterocycles. The maximum Gasteiger partial charge on any atom is 0.191 e. The molecular weight excluding hydrogens is 208 g/mol. The Morgan fingerprint density at radius 2 is 2.33 bits per heavy atom. The monoisotopic (exact) mass is 220 g/mol. The first-order valence-electron chi connectivity index (χ1n) is 4.76. The van der Waals surface area contributed by atoms with E-state index >= 15 is 0 Å². The van der Waals surface area contributed by atoms with Crippen LogP contribution in [0, 0.1) is 0 Å². The third-order valence-corrected chi connectivity index (χ3v) is 2.58. The van der Waals surface area contributed by atoms with Gasteiger partial charge in [0.1, 0.15) is 12.1 Å². The zero-order chi connectivity index (χ0) is 10.7. The molecule has 0 bridgehead atoms. The molecular formula is C10H12N4S. The molecule has 0 aromatic carbocycles. The molecule has 2 unspecified atom stereocenters. The van der Waals surface area contributed by atoms with Crippen molar-refractivity contribution >= 4 is 17.3 Å². The van der Waals surface area contributed by atoms with Crippen LogP contribution in [0.2, 0.25) is 0 Å². The Morgan fingerprint density at radius 1 is 1.53 bits per heavy atom. The van der Waals surface area contributed by atoms with Crippen LogP contribution in [-0.2, 0) is 0 Å². The van der Waals surface area contributed by atoms with Gasteiger partial charge in [-0.1, -0.05) is 35.6 Å². The molecule has 0 fully saturated rings. The molecule has 0 spiro atoms. The average molecular weight is 220 g/mol. The molecule has 0 saturated heterocycles. The van der Waals surface area contributed by atoms with E-state index in [1.165, 1.54) is 0 Å². The van der Waals surface area contributed by atoms with Crippen molar-refractivity contribution in [3.8, 4) is 0 Å². The fraction of sp³-hybridized carbons (Fsp3) is 0.300. The topological polar surface area (TPSA) is 40.0 Å². The first kappa shape index (κ1) is 10.0. The van der Waals surface area contributed by atoms with E-state index in [0.717, 1.165) is 0 Å². The normalized spacial score (nSPS) is 26.5. The van der Waals surface area contributed by atoms with Crippen molar-refractivity contribution < 1.29 is 0 Å². The minimum Gasteiger partial charge on any atom is -0.358 e. The Labute approximate surface area is 94.0 Å². The SMILES string of the molecule is C=CCNC(=S)N1N=NC2C=CC=CC21. The van der Waals surface area contributed by atoms with Gasteiger partial charge in [-0.2, -0.15) is 5.11 Å². The van der Waals surface area contributed by atoms with E-state index in [1.807, 2.05) is 24.3 Å². The van der Waals surface area contributed by atoms with Gasteiger partial charge in [-0.25, -0.2) is 5.01 Å². The standard InChI is InChI=1S/C10H12N4S/c1-2-7-11-10(15)14-9-6-4-3-5-8(9)12-13-14/h2-6,8-9H,1,7H2,(H,11,15). The van der Waals surface area contributed by atoms with Crippen molar-refractivity contribution in [2.45, 2.75) is 12.1 Å². The number of hydrogen-bond acceptors (Lipinski definition) is 3. The largest absolute Gasteiger partial charge is 0.358 e. The molecule has 1 aliphatic carbocycles. The van der Waals surface area contributed by atoms with Crippen LogP contribution in [0.1, 0.15) is 0 Å². The van der Waals surface area contributed by atoms with Crippen molar-refractivity contribution in [2.24, 2.45) is 10.3 Å². The Morgan fingerprint density at radius 3 is 3.13 bits per heavy atom. The summed E-state index contributed by atoms with van der Waals surface area (Å²) in [6, 6.07) is 0.221. The van der Waals surface area contributed by atoms with Gasteiger partial charge in [-0.15, -0.1) is 6.58 Å². The second-order valence-corrected chi connectivity index (χ2v) is 3.66. The van der Waals surface area contributed by atoms with Crippen molar-refractivity contribution in [1.82, 2.24) is 10.3 Å². The summed E-state index contributed by atoms with van der Waals surface area (Å²) in [5.41, 5.74) is 0. The van der Waals surface area contributed by atoms with Gasteiger partial charge in [0.2, 0.25) is 0 Å². The molecule has 4 nitrogen and oxygen atoms in total. The maximum absolute atomic E-state index is 5.20. The quantitative estimate of drug-likeness (QED) is 0.567. The van der Waals surface area contributed by atoms with Crippen LogP contribution in [0.15, 0.2) is 47.3 Å². The number of nitrogens with zero attached hydrogens (tertiary/aromatic N) is 3. The Hall–Kier alpha value is -1.49. The molecule has 0 aromatic rings. The van der Waals surface area contributed by atoms with Gasteiger partial charge in [-0.05, 0) is 12.2 Å². The van der Waals surface area contributed by atoms with E-state index in [2.05, 4.69) is 22.2 Å². The van der Waals surface area contributed by atoms with Crippen LogP contribution in [0.4, 0.5) is 0 Å². The van der Waals surface area contributed by atoms with Gasteiger partial charge >= 0.3 is 0 Å². The number of rotatable bonds is 2. The minimum absolute atomic E-state index is 0.0958. The van der Waals surface area contributed by atoms with E-state index in [0.29, 0.717) is 11.7 Å². The molecule has 0 saturated carbocycles. The lowest BCUT2D eigenvalue weighted by molar-refractivity contribution is 0.403. The zero-order valence-corrected chi connectivity index (χ0v) is 9.02. The molecule has 0 amide bonds. The molecule has 1 aliphatic heterocycles. The van der Waals surface area contributed by atoms with Crippen LogP contribution >= 0.6 is 12.2 Å². The van der Waals surface area contributed by atoms with E-state index in [4.69, 9.17) is 12.2 Å². The van der Waals surface area contributed by atoms with Crippen LogP contribution < -0.4 is 5.32 Å². The summed E-state index contributed by atoms with van der Waals surface area (Å²) in [6.45, 7) is 4.26. The highest BCUT2D eigenvalue weighted by Gasteiger charge is 2.32. The highest BCUT2D eigenvalue weighted by Crippen LogP contribution is 2.22. The van der Waals surface area contributed by atoms with E-state index in [9.17, 15) is 0 Å². The molecule has 5 heteroatoms. The van der Waals surface area contributed by atoms with Gasteiger partial charge in [0.15, 0.2) is 5.11 Å². The van der Waals surface area contributed by atoms with Gasteiger partial charge in [0.25, 0.3) is 0 Å². The van der Waals surface area contributed by atoms with Gasteiger partial charge in [0.05, 0.1) is 0 Å². The molecule has 0 aromatic heterocycles. The molecule has 0 radical (unpaired) electrons. The summed E-state index contributed by atoms with van der Waals surface area (Å²) in [7, 11) is 0. The summed E-state index contributed by atoms with van der Waals surface area (Å²) >= 11 is 5.20. The molecule has 78 valence electrons. The predicted octanol–water partition coefficient (Wildman–Crippen LogP) is 1.59. The Kier molecular flexibility index (Phi) is 2.91. The molecule has 2 aliphatic rings. The summed E-state index contributed by atoms with van der Waals surface area (Å²) in [4.78, 5) is 0. The second kappa shape index (κ2) is 4.35. The van der Waals surface area contributed by atoms with Crippen LogP contribution in [-0.4, -0.2) is 28.7 Å². The molecule has 2 rings (SSSR count). The van der Waals surface area contributed by atoms with Crippen LogP contribution in [0.25, 0.3) is 0 Å². The fourth-order valence-corrected chi connectivity index (χ4v) is 1.75. The smallest absolute Gasteiger partial charge is 0.191 e. The predicted molar refractivity (Wildman–Crippen MR) is 63.3 cm³/mol. The van der Waals surface area contributed by atoms with Crippen molar-refractivity contribution in [2.75, 3.05) is 6.54 Å². The van der Waals surface area contributed by atoms with Gasteiger partial charge in [0, 0.05) is 6.54 Å². The lowest BCUT2D eigenvalue weighted by Crippen LogP contribution is -2.43. The first-order valence-corrected chi connectivity index (χ1v) is 5.17. The average Bonchev–Trinajstić information content (AvgIpc) is 2.69. The molecule has 1 N–H and O–H groups in total. The number of fused-ring (bicyclic) bond motifs is 1. The fourth-order valence-electron chi connectivity index (χ4n) is 1.51. The van der Waals surface area contributed by atoms with Crippen molar-refractivity contribution in [3.63, 3.8) is 0 Å². The number of thiocarbonyl (C=S) groups is 1. The number of allylic oxidation sites excluding steroid dienone is 2. The molecule has 15 heavy (non-hydrogen) atoms. The van der Waals surface area contributed by atoms with Crippen LogP contribution in [0.5, 0.6) is 0 Å². The minimum atomic E-state index is 0.0958. The van der Waals surface area contributed by atoms with Crippen LogP contribution in [0.3, 0.4) is 0 Å². The summed E-state index contributed by atoms with van der Waals surface area (Å²) in [6.07, 6.45) is 9.79. The van der Waals surface area contributed by atoms with E-state index < -0.39 is 0 Å². The summed E-state index contributed by atoms with van der Waals surface area (Å²) in [5, 5.41) is 13.5. The Balaban J connectivity index is 2.02. The third kappa shape index (κ3) is 1.97. The Bertz CT molecular complexity index is 358. The number of nitrogens with one attached hydrogen (secondary N) is 1. The zero-order valence-electron chi connectivity index (χ0n) is 8.21. The van der Waals surface area contributed by atoms with E-state index in [1.54, 1.807) is 11.1 Å². The van der Waals surface area contributed by atoms with Crippen molar-refractivity contribution in [3.05, 3.63) is 37.0 Å². The number of hydrogen-bond donors (Lipinski definition) is 1. The van der Waals surface area contributed by atoms with Gasteiger partial charge in [-0.3, -0.25) is 0 Å². The molecule has 2 atom stereocenters.